The largest absolute Gasteiger partial charge is 0.488 e. The van der Waals surface area contributed by atoms with Gasteiger partial charge in [0.15, 0.2) is 5.16 Å². The number of nitrogens with zero attached hydrogens (tertiary/aromatic N) is 4. The average molecular weight is 451 g/mol. The normalized spacial score (nSPS) is 10.7. The van der Waals surface area contributed by atoms with Crippen molar-refractivity contribution in [3.05, 3.63) is 48.0 Å². The molecule has 7 nitrogen and oxygen atoms in total. The molecule has 0 saturated carbocycles. The maximum atomic E-state index is 13.9. The quantitative estimate of drug-likeness (QED) is 0.344. The number of thiophene rings is 1. The molecule has 0 aliphatic carbocycles. The highest BCUT2D eigenvalue weighted by molar-refractivity contribution is 7.98. The van der Waals surface area contributed by atoms with Crippen molar-refractivity contribution < 1.29 is 9.13 Å². The van der Waals surface area contributed by atoms with E-state index in [0.717, 1.165) is 20.7 Å². The molecule has 0 spiro atoms. The summed E-state index contributed by atoms with van der Waals surface area (Å²) in [6.07, 6.45) is 5.20. The predicted octanol–water partition coefficient (Wildman–Crippen LogP) is 4.17. The number of benzene rings is 1. The van der Waals surface area contributed by atoms with Crippen molar-refractivity contribution in [2.75, 3.05) is 17.7 Å². The second-order valence-electron chi connectivity index (χ2n) is 5.80. The second-order valence-corrected chi connectivity index (χ2v) is 7.60. The number of anilines is 2. The zero-order valence-corrected chi connectivity index (χ0v) is 17.6. The fraction of sp³-hybridized carbons (Fsp3) is 0.111. The van der Waals surface area contributed by atoms with Crippen molar-refractivity contribution in [2.24, 2.45) is 0 Å². The van der Waals surface area contributed by atoms with Gasteiger partial charge < -0.3 is 16.2 Å². The summed E-state index contributed by atoms with van der Waals surface area (Å²) < 4.78 is 19.7. The van der Waals surface area contributed by atoms with Gasteiger partial charge in [-0.3, -0.25) is 0 Å². The van der Waals surface area contributed by atoms with Crippen LogP contribution < -0.4 is 16.2 Å². The van der Waals surface area contributed by atoms with Gasteiger partial charge in [0, 0.05) is 34.3 Å². The maximum absolute atomic E-state index is 13.9. The monoisotopic (exact) mass is 450 g/mol. The zero-order chi connectivity index (χ0) is 19.7. The van der Waals surface area contributed by atoms with Crippen molar-refractivity contribution in [2.45, 2.75) is 11.8 Å². The highest BCUT2D eigenvalue weighted by Crippen LogP contribution is 2.38. The van der Waals surface area contributed by atoms with Crippen LogP contribution in [0.3, 0.4) is 0 Å². The van der Waals surface area contributed by atoms with E-state index in [9.17, 15) is 4.39 Å². The Balaban J connectivity index is 0.00000240. The molecule has 0 amide bonds. The number of rotatable bonds is 5. The Hall–Kier alpha value is -2.69. The maximum Gasteiger partial charge on any atom is 0.221 e. The summed E-state index contributed by atoms with van der Waals surface area (Å²) in [5, 5.41) is 1.62. The average Bonchev–Trinajstić information content (AvgIpc) is 3.10. The second kappa shape index (κ2) is 8.76. The fourth-order valence-electron chi connectivity index (χ4n) is 2.57. The molecule has 150 valence electrons. The van der Waals surface area contributed by atoms with E-state index in [1.165, 1.54) is 41.4 Å². The minimum absolute atomic E-state index is 0. The van der Waals surface area contributed by atoms with Crippen molar-refractivity contribution in [1.82, 2.24) is 19.9 Å². The molecule has 0 aliphatic rings. The van der Waals surface area contributed by atoms with E-state index in [2.05, 4.69) is 19.9 Å². The molecule has 3 aromatic heterocycles. The summed E-state index contributed by atoms with van der Waals surface area (Å²) >= 11 is 2.97. The molecule has 4 N–H and O–H groups in total. The van der Waals surface area contributed by atoms with Crippen LogP contribution >= 0.6 is 35.5 Å². The van der Waals surface area contributed by atoms with E-state index < -0.39 is 5.82 Å². The van der Waals surface area contributed by atoms with E-state index in [-0.39, 0.29) is 30.8 Å². The molecular formula is C18H16ClFN6OS2. The van der Waals surface area contributed by atoms with Gasteiger partial charge in [0.1, 0.15) is 28.8 Å². The number of ether oxygens (including phenoxy) is 1. The Morgan fingerprint density at radius 2 is 1.97 bits per heavy atom. The zero-order valence-electron chi connectivity index (χ0n) is 15.1. The smallest absolute Gasteiger partial charge is 0.221 e. The molecule has 1 aromatic carbocycles. The Kier molecular flexibility index (Phi) is 6.36. The van der Waals surface area contributed by atoms with Crippen LogP contribution in [0, 0.1) is 5.82 Å². The van der Waals surface area contributed by atoms with Crippen LogP contribution in [0.2, 0.25) is 0 Å². The van der Waals surface area contributed by atoms with Gasteiger partial charge in [0.05, 0.1) is 5.56 Å². The van der Waals surface area contributed by atoms with Gasteiger partial charge in [-0.2, -0.15) is 4.98 Å². The number of halogens is 2. The Labute approximate surface area is 180 Å². The minimum Gasteiger partial charge on any atom is -0.488 e. The number of fused-ring (bicyclic) bond motifs is 1. The number of hydrogen-bond acceptors (Lipinski definition) is 9. The van der Waals surface area contributed by atoms with Crippen molar-refractivity contribution >= 4 is 57.5 Å². The molecule has 0 bridgehead atoms. The van der Waals surface area contributed by atoms with Crippen LogP contribution in [0.1, 0.15) is 5.56 Å². The van der Waals surface area contributed by atoms with Gasteiger partial charge in [-0.05, 0) is 24.5 Å². The van der Waals surface area contributed by atoms with Crippen LogP contribution in [-0.4, -0.2) is 26.2 Å². The van der Waals surface area contributed by atoms with E-state index in [0.29, 0.717) is 16.5 Å². The Morgan fingerprint density at radius 1 is 1.14 bits per heavy atom. The molecule has 11 heteroatoms. The van der Waals surface area contributed by atoms with Crippen molar-refractivity contribution in [1.29, 1.82) is 0 Å². The summed E-state index contributed by atoms with van der Waals surface area (Å²) in [4.78, 5) is 18.4. The molecule has 0 unspecified atom stereocenters. The van der Waals surface area contributed by atoms with E-state index in [1.807, 2.05) is 12.3 Å². The molecular weight excluding hydrogens is 435 g/mol. The number of nitrogens with two attached hydrogens (primary N) is 2. The third kappa shape index (κ3) is 4.50. The number of nitrogen functional groups attached to an aromatic ring is 2. The van der Waals surface area contributed by atoms with Gasteiger partial charge in [0.25, 0.3) is 0 Å². The number of aromatic nitrogens is 4. The van der Waals surface area contributed by atoms with Crippen LogP contribution in [0.15, 0.2) is 41.8 Å². The van der Waals surface area contributed by atoms with E-state index in [4.69, 9.17) is 16.2 Å². The van der Waals surface area contributed by atoms with Crippen LogP contribution in [0.4, 0.5) is 16.2 Å². The van der Waals surface area contributed by atoms with Crippen LogP contribution in [0.25, 0.3) is 20.7 Å². The van der Waals surface area contributed by atoms with Crippen LogP contribution in [0.5, 0.6) is 5.75 Å². The first-order valence-electron chi connectivity index (χ1n) is 8.13. The topological polar surface area (TPSA) is 113 Å². The summed E-state index contributed by atoms with van der Waals surface area (Å²) in [6.45, 7) is 0.0872. The van der Waals surface area contributed by atoms with Gasteiger partial charge in [-0.1, -0.05) is 11.8 Å². The van der Waals surface area contributed by atoms with Gasteiger partial charge >= 0.3 is 0 Å². The van der Waals surface area contributed by atoms with Crippen molar-refractivity contribution in [3.63, 3.8) is 0 Å². The lowest BCUT2D eigenvalue weighted by atomic mass is 10.1. The molecule has 0 atom stereocenters. The summed E-state index contributed by atoms with van der Waals surface area (Å²) in [6, 6.07) is 6.38. The highest BCUT2D eigenvalue weighted by Gasteiger charge is 2.14. The summed E-state index contributed by atoms with van der Waals surface area (Å²) in [7, 11) is 0. The molecule has 3 heterocycles. The first-order chi connectivity index (χ1) is 13.5. The lowest BCUT2D eigenvalue weighted by Gasteiger charge is -2.11. The van der Waals surface area contributed by atoms with Crippen LogP contribution in [-0.2, 0) is 6.61 Å². The molecule has 4 aromatic rings. The molecule has 0 aliphatic heterocycles. The Morgan fingerprint density at radius 3 is 2.72 bits per heavy atom. The van der Waals surface area contributed by atoms with Gasteiger partial charge in [0.2, 0.25) is 5.95 Å². The first-order valence-corrected chi connectivity index (χ1v) is 10.2. The predicted molar refractivity (Wildman–Crippen MR) is 117 cm³/mol. The third-order valence-electron chi connectivity index (χ3n) is 3.94. The lowest BCUT2D eigenvalue weighted by molar-refractivity contribution is 0.306. The standard InChI is InChI=1S/C18H15FN6OS2.ClH/c1-27-18-23-6-9-4-14(28-16(9)25-18)12-3-2-11(19)5-13(12)26-8-10-7-22-17(21)24-15(10)20;/h2-7H,8H2,1H3,(H4,20,21,22,24);1H. The molecule has 29 heavy (non-hydrogen) atoms. The van der Waals surface area contributed by atoms with E-state index in [1.54, 1.807) is 12.3 Å². The first kappa shape index (κ1) is 21.0. The van der Waals surface area contributed by atoms with Gasteiger partial charge in [-0.25, -0.2) is 19.3 Å². The van der Waals surface area contributed by atoms with Gasteiger partial charge in [-0.15, -0.1) is 23.7 Å². The number of thioether (sulfide) groups is 1. The minimum atomic E-state index is -0.397. The molecule has 0 saturated heterocycles. The van der Waals surface area contributed by atoms with E-state index >= 15 is 0 Å². The SMILES string of the molecule is CSc1ncc2cc(-c3ccc(F)cc3OCc3cnc(N)nc3N)sc2n1.Cl. The number of hydrogen-bond donors (Lipinski definition) is 2. The molecule has 0 radical (unpaired) electrons. The summed E-state index contributed by atoms with van der Waals surface area (Å²) in [5.41, 5.74) is 12.7. The molecule has 4 rings (SSSR count). The Bertz CT molecular complexity index is 1170. The molecule has 0 fully saturated rings. The third-order valence-corrected chi connectivity index (χ3v) is 5.58. The van der Waals surface area contributed by atoms with Crippen molar-refractivity contribution in [3.8, 4) is 16.2 Å². The fourth-order valence-corrected chi connectivity index (χ4v) is 4.00. The highest BCUT2D eigenvalue weighted by atomic mass is 35.5. The summed E-state index contributed by atoms with van der Waals surface area (Å²) in [5.74, 6) is 0.308. The lowest BCUT2D eigenvalue weighted by Crippen LogP contribution is -2.06.